The molecule has 122 valence electrons. The zero-order valence-corrected chi connectivity index (χ0v) is 12.9. The van der Waals surface area contributed by atoms with Gasteiger partial charge in [0.1, 0.15) is 5.82 Å². The molecule has 1 fully saturated rings. The van der Waals surface area contributed by atoms with Gasteiger partial charge in [-0.3, -0.25) is 4.79 Å². The van der Waals surface area contributed by atoms with Gasteiger partial charge in [0.05, 0.1) is 12.3 Å². The molecule has 1 aliphatic rings. The number of hydrogen-bond donors (Lipinski definition) is 2. The SMILES string of the molecule is CNC(=O)[C@H]1CCC[C@H]1Nc1noc(Cc2ccc(F)cc2)n1. The smallest absolute Gasteiger partial charge is 0.263 e. The van der Waals surface area contributed by atoms with E-state index in [1.807, 2.05) is 0 Å². The van der Waals surface area contributed by atoms with Crippen LogP contribution in [-0.4, -0.2) is 29.1 Å². The lowest BCUT2D eigenvalue weighted by Gasteiger charge is -2.18. The third-order valence-electron chi connectivity index (χ3n) is 4.15. The van der Waals surface area contributed by atoms with Gasteiger partial charge in [-0.05, 0) is 35.7 Å². The third kappa shape index (κ3) is 3.67. The highest BCUT2D eigenvalue weighted by Gasteiger charge is 2.33. The Hall–Kier alpha value is -2.44. The van der Waals surface area contributed by atoms with Crippen molar-refractivity contribution in [3.8, 4) is 0 Å². The number of halogens is 1. The topological polar surface area (TPSA) is 80.0 Å². The quantitative estimate of drug-likeness (QED) is 0.883. The molecule has 0 radical (unpaired) electrons. The normalized spacial score (nSPS) is 20.4. The summed E-state index contributed by atoms with van der Waals surface area (Å²) in [6.45, 7) is 0. The third-order valence-corrected chi connectivity index (χ3v) is 4.15. The summed E-state index contributed by atoms with van der Waals surface area (Å²) in [6, 6.07) is 6.19. The number of carbonyl (C=O) groups excluding carboxylic acids is 1. The standard InChI is InChI=1S/C16H19FN4O2/c1-18-15(22)12-3-2-4-13(12)19-16-20-14(23-21-16)9-10-5-7-11(17)8-6-10/h5-8,12-13H,2-4,9H2,1H3,(H,18,22)(H,19,21)/t12-,13+/m0/s1. The Morgan fingerprint density at radius 3 is 2.87 bits per heavy atom. The number of hydrogen-bond acceptors (Lipinski definition) is 5. The van der Waals surface area contributed by atoms with Crippen molar-refractivity contribution in [1.82, 2.24) is 15.5 Å². The van der Waals surface area contributed by atoms with E-state index in [4.69, 9.17) is 4.52 Å². The molecule has 2 N–H and O–H groups in total. The number of nitrogens with zero attached hydrogens (tertiary/aromatic N) is 2. The zero-order valence-electron chi connectivity index (χ0n) is 12.9. The predicted molar refractivity (Wildman–Crippen MR) is 82.3 cm³/mol. The predicted octanol–water partition coefficient (Wildman–Crippen LogP) is 2.13. The fourth-order valence-corrected chi connectivity index (χ4v) is 2.96. The maximum absolute atomic E-state index is 12.9. The molecule has 1 saturated carbocycles. The zero-order chi connectivity index (χ0) is 16.2. The summed E-state index contributed by atoms with van der Waals surface area (Å²) in [5, 5.41) is 9.79. The average Bonchev–Trinajstić information content (AvgIpc) is 3.19. The van der Waals surface area contributed by atoms with Crippen LogP contribution >= 0.6 is 0 Å². The summed E-state index contributed by atoms with van der Waals surface area (Å²) in [5.41, 5.74) is 0.894. The summed E-state index contributed by atoms with van der Waals surface area (Å²) in [7, 11) is 1.65. The Bertz CT molecular complexity index is 671. The summed E-state index contributed by atoms with van der Waals surface area (Å²) in [4.78, 5) is 16.1. The van der Waals surface area contributed by atoms with Crippen LogP contribution in [0.3, 0.4) is 0 Å². The van der Waals surface area contributed by atoms with Crippen molar-refractivity contribution >= 4 is 11.9 Å². The van der Waals surface area contributed by atoms with E-state index in [1.165, 1.54) is 12.1 Å². The first-order valence-corrected chi connectivity index (χ1v) is 7.71. The molecule has 0 spiro atoms. The maximum atomic E-state index is 12.9. The summed E-state index contributed by atoms with van der Waals surface area (Å²) < 4.78 is 18.1. The van der Waals surface area contributed by atoms with E-state index >= 15 is 0 Å². The first-order valence-electron chi connectivity index (χ1n) is 7.71. The molecule has 1 heterocycles. The van der Waals surface area contributed by atoms with E-state index in [-0.39, 0.29) is 23.7 Å². The minimum atomic E-state index is -0.275. The van der Waals surface area contributed by atoms with Crippen LogP contribution in [0.25, 0.3) is 0 Å². The van der Waals surface area contributed by atoms with Crippen LogP contribution in [0.1, 0.15) is 30.7 Å². The Balaban J connectivity index is 1.63. The molecule has 1 amide bonds. The molecule has 1 aliphatic carbocycles. The largest absolute Gasteiger partial charge is 0.359 e. The van der Waals surface area contributed by atoms with Gasteiger partial charge in [0.25, 0.3) is 5.95 Å². The lowest BCUT2D eigenvalue weighted by molar-refractivity contribution is -0.124. The van der Waals surface area contributed by atoms with E-state index in [0.29, 0.717) is 18.3 Å². The van der Waals surface area contributed by atoms with Gasteiger partial charge < -0.3 is 15.2 Å². The van der Waals surface area contributed by atoms with Crippen molar-refractivity contribution in [3.05, 3.63) is 41.5 Å². The molecule has 1 aromatic carbocycles. The van der Waals surface area contributed by atoms with Gasteiger partial charge in [-0.15, -0.1) is 0 Å². The fraction of sp³-hybridized carbons (Fsp3) is 0.438. The van der Waals surface area contributed by atoms with Gasteiger partial charge in [0.15, 0.2) is 0 Å². The molecule has 0 bridgehead atoms. The summed E-state index contributed by atoms with van der Waals surface area (Å²) in [5.74, 6) is 0.536. The summed E-state index contributed by atoms with van der Waals surface area (Å²) in [6.07, 6.45) is 3.20. The second kappa shape index (κ2) is 6.76. The number of carbonyl (C=O) groups is 1. The molecule has 0 unspecified atom stereocenters. The lowest BCUT2D eigenvalue weighted by atomic mass is 10.0. The molecule has 1 aromatic heterocycles. The molecule has 6 nitrogen and oxygen atoms in total. The highest BCUT2D eigenvalue weighted by Crippen LogP contribution is 2.28. The van der Waals surface area contributed by atoms with Crippen LogP contribution in [0.2, 0.25) is 0 Å². The second-order valence-electron chi connectivity index (χ2n) is 5.72. The van der Waals surface area contributed by atoms with Crippen molar-refractivity contribution in [3.63, 3.8) is 0 Å². The number of benzene rings is 1. The van der Waals surface area contributed by atoms with Crippen molar-refractivity contribution in [1.29, 1.82) is 0 Å². The van der Waals surface area contributed by atoms with Gasteiger partial charge in [0, 0.05) is 13.1 Å². The van der Waals surface area contributed by atoms with Crippen LogP contribution in [-0.2, 0) is 11.2 Å². The highest BCUT2D eigenvalue weighted by molar-refractivity contribution is 5.79. The first-order chi connectivity index (χ1) is 11.2. The molecule has 0 saturated heterocycles. The minimum Gasteiger partial charge on any atom is -0.359 e. The van der Waals surface area contributed by atoms with Crippen molar-refractivity contribution in [2.45, 2.75) is 31.7 Å². The van der Waals surface area contributed by atoms with Crippen LogP contribution < -0.4 is 10.6 Å². The van der Waals surface area contributed by atoms with Crippen molar-refractivity contribution in [2.75, 3.05) is 12.4 Å². The molecular formula is C16H19FN4O2. The van der Waals surface area contributed by atoms with E-state index in [2.05, 4.69) is 20.8 Å². The van der Waals surface area contributed by atoms with E-state index in [0.717, 1.165) is 24.8 Å². The average molecular weight is 318 g/mol. The molecular weight excluding hydrogens is 299 g/mol. The van der Waals surface area contributed by atoms with E-state index in [9.17, 15) is 9.18 Å². The van der Waals surface area contributed by atoms with Crippen LogP contribution in [0, 0.1) is 11.7 Å². The van der Waals surface area contributed by atoms with E-state index < -0.39 is 0 Å². The van der Waals surface area contributed by atoms with Crippen LogP contribution in [0.15, 0.2) is 28.8 Å². The van der Waals surface area contributed by atoms with Crippen LogP contribution in [0.4, 0.5) is 10.3 Å². The monoisotopic (exact) mass is 318 g/mol. The Kier molecular flexibility index (Phi) is 4.55. The van der Waals surface area contributed by atoms with Gasteiger partial charge in [-0.25, -0.2) is 4.39 Å². The Labute approximate surface area is 133 Å². The molecule has 3 rings (SSSR count). The number of aromatic nitrogens is 2. The first kappa shape index (κ1) is 15.5. The second-order valence-corrected chi connectivity index (χ2v) is 5.72. The molecule has 23 heavy (non-hydrogen) atoms. The number of anilines is 1. The van der Waals surface area contributed by atoms with Gasteiger partial charge in [0.2, 0.25) is 11.8 Å². The minimum absolute atomic E-state index is 0.0196. The van der Waals surface area contributed by atoms with E-state index in [1.54, 1.807) is 19.2 Å². The molecule has 2 aromatic rings. The highest BCUT2D eigenvalue weighted by atomic mass is 19.1. The molecule has 7 heteroatoms. The number of rotatable bonds is 5. The fourth-order valence-electron chi connectivity index (χ4n) is 2.96. The molecule has 2 atom stereocenters. The van der Waals surface area contributed by atoms with Crippen molar-refractivity contribution in [2.24, 2.45) is 5.92 Å². The molecule has 0 aliphatic heterocycles. The number of nitrogens with one attached hydrogen (secondary N) is 2. The van der Waals surface area contributed by atoms with Gasteiger partial charge in [-0.2, -0.15) is 4.98 Å². The van der Waals surface area contributed by atoms with Crippen molar-refractivity contribution < 1.29 is 13.7 Å². The summed E-state index contributed by atoms with van der Waals surface area (Å²) >= 11 is 0. The Morgan fingerprint density at radius 1 is 1.35 bits per heavy atom. The number of amides is 1. The Morgan fingerprint density at radius 2 is 2.13 bits per heavy atom. The van der Waals surface area contributed by atoms with Crippen LogP contribution in [0.5, 0.6) is 0 Å². The van der Waals surface area contributed by atoms with Gasteiger partial charge >= 0.3 is 0 Å². The van der Waals surface area contributed by atoms with Gasteiger partial charge in [-0.1, -0.05) is 18.6 Å². The lowest BCUT2D eigenvalue weighted by Crippen LogP contribution is -2.36. The maximum Gasteiger partial charge on any atom is 0.263 e.